The van der Waals surface area contributed by atoms with Crippen molar-refractivity contribution in [1.82, 2.24) is 0 Å². The third kappa shape index (κ3) is 7.28. The van der Waals surface area contributed by atoms with Crippen molar-refractivity contribution >= 4 is 5.97 Å². The van der Waals surface area contributed by atoms with Gasteiger partial charge in [0.15, 0.2) is 0 Å². The highest BCUT2D eigenvalue weighted by atomic mass is 16.6. The van der Waals surface area contributed by atoms with Crippen LogP contribution in [-0.2, 0) is 16.0 Å². The molecule has 1 atom stereocenters. The molecular weight excluding hydrogens is 264 g/mol. The van der Waals surface area contributed by atoms with Gasteiger partial charge in [-0.2, -0.15) is 0 Å². The maximum Gasteiger partial charge on any atom is 0.309 e. The van der Waals surface area contributed by atoms with Crippen LogP contribution in [0.2, 0.25) is 0 Å². The molecule has 1 aromatic carbocycles. The van der Waals surface area contributed by atoms with E-state index in [9.17, 15) is 9.90 Å². The second-order valence-electron chi connectivity index (χ2n) is 6.72. The predicted molar refractivity (Wildman–Crippen MR) is 85.1 cm³/mol. The summed E-state index contributed by atoms with van der Waals surface area (Å²) >= 11 is 0. The van der Waals surface area contributed by atoms with E-state index in [0.717, 1.165) is 12.8 Å². The summed E-state index contributed by atoms with van der Waals surface area (Å²) in [4.78, 5) is 12.0. The lowest BCUT2D eigenvalue weighted by molar-refractivity contribution is -0.160. The first kappa shape index (κ1) is 17.7. The van der Waals surface area contributed by atoms with E-state index in [1.54, 1.807) is 0 Å². The molecule has 3 nitrogen and oxygen atoms in total. The fourth-order valence-corrected chi connectivity index (χ4v) is 2.44. The van der Waals surface area contributed by atoms with Crippen LogP contribution < -0.4 is 0 Å². The monoisotopic (exact) mass is 292 g/mol. The zero-order chi connectivity index (χ0) is 15.9. The van der Waals surface area contributed by atoms with Gasteiger partial charge in [-0.25, -0.2) is 0 Å². The predicted octanol–water partition coefficient (Wildman–Crippen LogP) is 3.88. The number of aliphatic hydroxyl groups is 1. The first-order valence-corrected chi connectivity index (χ1v) is 7.72. The molecule has 0 aliphatic heterocycles. The molecule has 0 fully saturated rings. The van der Waals surface area contributed by atoms with Crippen LogP contribution in [-0.4, -0.2) is 22.3 Å². The summed E-state index contributed by atoms with van der Waals surface area (Å²) in [5.74, 6) is -0.327. The van der Waals surface area contributed by atoms with Gasteiger partial charge in [0.2, 0.25) is 0 Å². The number of hydrogen-bond acceptors (Lipinski definition) is 3. The van der Waals surface area contributed by atoms with Crippen LogP contribution in [0.4, 0.5) is 0 Å². The van der Waals surface area contributed by atoms with Gasteiger partial charge in [0, 0.05) is 0 Å². The lowest BCUT2D eigenvalue weighted by Gasteiger charge is -2.29. The Labute approximate surface area is 128 Å². The molecule has 1 unspecified atom stereocenters. The summed E-state index contributed by atoms with van der Waals surface area (Å²) in [5, 5.41) is 10.7. The molecule has 0 aliphatic rings. The van der Waals surface area contributed by atoms with Crippen molar-refractivity contribution in [2.75, 3.05) is 0 Å². The molecule has 0 aromatic heterocycles. The van der Waals surface area contributed by atoms with Crippen molar-refractivity contribution in [2.45, 2.75) is 71.0 Å². The molecular formula is C18H28O3. The van der Waals surface area contributed by atoms with Gasteiger partial charge in [-0.15, -0.1) is 0 Å². The van der Waals surface area contributed by atoms with Gasteiger partial charge < -0.3 is 9.84 Å². The van der Waals surface area contributed by atoms with Gasteiger partial charge >= 0.3 is 5.97 Å². The van der Waals surface area contributed by atoms with E-state index in [0.29, 0.717) is 12.8 Å². The van der Waals surface area contributed by atoms with E-state index in [2.05, 4.69) is 0 Å². The molecule has 1 aromatic rings. The standard InChI is InChI=1S/C18H28O3/c1-5-12-18(20,14-16(19)21-17(2,3)4)13-11-15-9-7-6-8-10-15/h6-10,20H,5,11-14H2,1-4H3. The summed E-state index contributed by atoms with van der Waals surface area (Å²) in [7, 11) is 0. The Hall–Kier alpha value is -1.35. The molecule has 0 saturated heterocycles. The van der Waals surface area contributed by atoms with Crippen LogP contribution in [0.3, 0.4) is 0 Å². The SMILES string of the molecule is CCCC(O)(CCc1ccccc1)CC(=O)OC(C)(C)C. The molecule has 0 saturated carbocycles. The van der Waals surface area contributed by atoms with E-state index in [4.69, 9.17) is 4.74 Å². The minimum absolute atomic E-state index is 0.0605. The average molecular weight is 292 g/mol. The highest BCUT2D eigenvalue weighted by Gasteiger charge is 2.31. The molecule has 21 heavy (non-hydrogen) atoms. The van der Waals surface area contributed by atoms with E-state index in [1.165, 1.54) is 5.56 Å². The van der Waals surface area contributed by atoms with E-state index >= 15 is 0 Å². The van der Waals surface area contributed by atoms with Gasteiger partial charge in [-0.3, -0.25) is 4.79 Å². The summed E-state index contributed by atoms with van der Waals surface area (Å²) in [6.07, 6.45) is 2.85. The number of aryl methyl sites for hydroxylation is 1. The number of carbonyl (C=O) groups is 1. The first-order chi connectivity index (χ1) is 9.74. The maximum absolute atomic E-state index is 12.0. The zero-order valence-corrected chi connectivity index (χ0v) is 13.7. The second-order valence-corrected chi connectivity index (χ2v) is 6.72. The van der Waals surface area contributed by atoms with E-state index < -0.39 is 11.2 Å². The fourth-order valence-electron chi connectivity index (χ4n) is 2.44. The Kier molecular flexibility index (Phi) is 6.41. The zero-order valence-electron chi connectivity index (χ0n) is 13.7. The molecule has 0 bridgehead atoms. The van der Waals surface area contributed by atoms with Crippen molar-refractivity contribution in [2.24, 2.45) is 0 Å². The van der Waals surface area contributed by atoms with Crippen molar-refractivity contribution in [3.63, 3.8) is 0 Å². The molecule has 3 heteroatoms. The molecule has 1 N–H and O–H groups in total. The number of rotatable bonds is 7. The molecule has 0 radical (unpaired) electrons. The Bertz CT molecular complexity index is 434. The fraction of sp³-hybridized carbons (Fsp3) is 0.611. The van der Waals surface area contributed by atoms with Crippen molar-refractivity contribution in [1.29, 1.82) is 0 Å². The lowest BCUT2D eigenvalue weighted by Crippen LogP contribution is -2.35. The molecule has 0 aliphatic carbocycles. The Morgan fingerprint density at radius 1 is 1.14 bits per heavy atom. The minimum atomic E-state index is -0.979. The smallest absolute Gasteiger partial charge is 0.309 e. The molecule has 1 rings (SSSR count). The van der Waals surface area contributed by atoms with Crippen LogP contribution in [0.1, 0.15) is 58.9 Å². The number of ether oxygens (including phenoxy) is 1. The summed E-state index contributed by atoms with van der Waals surface area (Å²) in [6, 6.07) is 10.0. The Morgan fingerprint density at radius 3 is 2.29 bits per heavy atom. The summed E-state index contributed by atoms with van der Waals surface area (Å²) in [6.45, 7) is 7.54. The van der Waals surface area contributed by atoms with Crippen molar-refractivity contribution in [3.05, 3.63) is 35.9 Å². The number of benzene rings is 1. The molecule has 0 amide bonds. The van der Waals surface area contributed by atoms with Gasteiger partial charge in [0.25, 0.3) is 0 Å². The van der Waals surface area contributed by atoms with E-state index in [-0.39, 0.29) is 12.4 Å². The quantitative estimate of drug-likeness (QED) is 0.776. The molecule has 118 valence electrons. The third-order valence-corrected chi connectivity index (χ3v) is 3.33. The maximum atomic E-state index is 12.0. The second kappa shape index (κ2) is 7.60. The minimum Gasteiger partial charge on any atom is -0.460 e. The Balaban J connectivity index is 2.62. The lowest BCUT2D eigenvalue weighted by atomic mass is 9.87. The van der Waals surface area contributed by atoms with Crippen LogP contribution in [0.15, 0.2) is 30.3 Å². The highest BCUT2D eigenvalue weighted by molar-refractivity contribution is 5.71. The van der Waals surface area contributed by atoms with E-state index in [1.807, 2.05) is 58.0 Å². The number of hydrogen-bond donors (Lipinski definition) is 1. The van der Waals surface area contributed by atoms with Gasteiger partial charge in [-0.05, 0) is 45.6 Å². The van der Waals surface area contributed by atoms with Crippen LogP contribution in [0.25, 0.3) is 0 Å². The number of carbonyl (C=O) groups excluding carboxylic acids is 1. The van der Waals surface area contributed by atoms with Crippen LogP contribution in [0.5, 0.6) is 0 Å². The first-order valence-electron chi connectivity index (χ1n) is 7.72. The normalized spacial score (nSPS) is 14.5. The topological polar surface area (TPSA) is 46.5 Å². The van der Waals surface area contributed by atoms with Gasteiger partial charge in [-0.1, -0.05) is 43.7 Å². The molecule has 0 heterocycles. The van der Waals surface area contributed by atoms with Crippen LogP contribution >= 0.6 is 0 Å². The number of esters is 1. The van der Waals surface area contributed by atoms with Crippen LogP contribution in [0, 0.1) is 0 Å². The summed E-state index contributed by atoms with van der Waals surface area (Å²) < 4.78 is 5.33. The van der Waals surface area contributed by atoms with Crippen molar-refractivity contribution in [3.8, 4) is 0 Å². The summed E-state index contributed by atoms with van der Waals surface area (Å²) in [5.41, 5.74) is -0.312. The highest BCUT2D eigenvalue weighted by Crippen LogP contribution is 2.25. The average Bonchev–Trinajstić information content (AvgIpc) is 2.35. The molecule has 0 spiro atoms. The van der Waals surface area contributed by atoms with Gasteiger partial charge in [0.1, 0.15) is 5.60 Å². The van der Waals surface area contributed by atoms with Gasteiger partial charge in [0.05, 0.1) is 12.0 Å². The largest absolute Gasteiger partial charge is 0.460 e. The Morgan fingerprint density at radius 2 is 1.76 bits per heavy atom. The van der Waals surface area contributed by atoms with Crippen molar-refractivity contribution < 1.29 is 14.6 Å². The third-order valence-electron chi connectivity index (χ3n) is 3.33.